The fourth-order valence-electron chi connectivity index (χ4n) is 3.55. The lowest BCUT2D eigenvalue weighted by atomic mass is 10.1. The molecular formula is C25H27BrFN9O2S. The molecule has 0 atom stereocenters. The van der Waals surface area contributed by atoms with Gasteiger partial charge in [-0.05, 0) is 77.1 Å². The number of nitrogens with one attached hydrogen (secondary N) is 3. The molecule has 0 saturated heterocycles. The van der Waals surface area contributed by atoms with Gasteiger partial charge in [0.25, 0.3) is 11.8 Å². The zero-order valence-corrected chi connectivity index (χ0v) is 23.4. The van der Waals surface area contributed by atoms with Crippen LogP contribution in [0.25, 0.3) is 0 Å². The second kappa shape index (κ2) is 13.3. The highest BCUT2D eigenvalue weighted by Crippen LogP contribution is 2.28. The summed E-state index contributed by atoms with van der Waals surface area (Å²) in [5, 5.41) is 10.3. The first-order valence-electron chi connectivity index (χ1n) is 11.9. The van der Waals surface area contributed by atoms with Crippen molar-refractivity contribution < 1.29 is 13.9 Å². The van der Waals surface area contributed by atoms with Crippen LogP contribution >= 0.6 is 27.9 Å². The van der Waals surface area contributed by atoms with Crippen molar-refractivity contribution >= 4 is 62.6 Å². The van der Waals surface area contributed by atoms with Crippen LogP contribution in [-0.4, -0.2) is 39.3 Å². The van der Waals surface area contributed by atoms with Crippen LogP contribution in [0.1, 0.15) is 23.2 Å². The average Bonchev–Trinajstić information content (AvgIpc) is 3.28. The van der Waals surface area contributed by atoms with Crippen LogP contribution in [-0.2, 0) is 6.54 Å². The predicted molar refractivity (Wildman–Crippen MR) is 154 cm³/mol. The number of anilines is 5. The minimum absolute atomic E-state index is 0.202. The van der Waals surface area contributed by atoms with Crippen molar-refractivity contribution in [2.24, 2.45) is 5.73 Å². The first kappa shape index (κ1) is 28.1. The molecule has 0 aliphatic heterocycles. The number of nitrogens with two attached hydrogens (primary N) is 2. The number of benzene rings is 2. The normalized spacial score (nSPS) is 10.8. The van der Waals surface area contributed by atoms with Crippen molar-refractivity contribution in [2.45, 2.75) is 24.3 Å². The summed E-state index contributed by atoms with van der Waals surface area (Å²) in [5.74, 6) is -0.496. The highest BCUT2D eigenvalue weighted by molar-refractivity contribution is 9.10. The number of ether oxygens (including phenoxy) is 1. The molecule has 204 valence electrons. The summed E-state index contributed by atoms with van der Waals surface area (Å²) in [6.45, 7) is 1.61. The molecule has 7 N–H and O–H groups in total. The van der Waals surface area contributed by atoms with Gasteiger partial charge in [0.2, 0.25) is 5.95 Å². The van der Waals surface area contributed by atoms with Crippen LogP contribution < -0.4 is 31.6 Å². The maximum atomic E-state index is 14.1. The Balaban J connectivity index is 1.27. The third kappa shape index (κ3) is 7.59. The number of unbranched alkanes of at least 4 members (excludes halogenated alkanes) is 1. The molecule has 4 aromatic rings. The summed E-state index contributed by atoms with van der Waals surface area (Å²) in [6, 6.07) is 12.0. The molecule has 1 amide bonds. The molecule has 0 radical (unpaired) electrons. The van der Waals surface area contributed by atoms with Gasteiger partial charge in [0.15, 0.2) is 0 Å². The average molecular weight is 617 g/mol. The summed E-state index contributed by atoms with van der Waals surface area (Å²) < 4.78 is 24.9. The largest absolute Gasteiger partial charge is 0.478 e. The van der Waals surface area contributed by atoms with Crippen molar-refractivity contribution in [1.29, 1.82) is 0 Å². The first-order valence-corrected chi connectivity index (χ1v) is 13.5. The molecule has 0 bridgehead atoms. The third-order valence-corrected chi connectivity index (χ3v) is 6.86. The van der Waals surface area contributed by atoms with E-state index < -0.39 is 11.7 Å². The number of nitrogen functional groups attached to an aromatic ring is 1. The van der Waals surface area contributed by atoms with E-state index in [0.29, 0.717) is 27.8 Å². The van der Waals surface area contributed by atoms with Gasteiger partial charge >= 0.3 is 0 Å². The number of aryl methyl sites for hydroxylation is 1. The van der Waals surface area contributed by atoms with E-state index in [1.807, 2.05) is 24.3 Å². The molecule has 0 fully saturated rings. The van der Waals surface area contributed by atoms with E-state index in [2.05, 4.69) is 46.4 Å². The first-order chi connectivity index (χ1) is 18.8. The molecule has 0 aliphatic rings. The van der Waals surface area contributed by atoms with Gasteiger partial charge < -0.3 is 26.8 Å². The van der Waals surface area contributed by atoms with E-state index in [1.54, 1.807) is 42.2 Å². The van der Waals surface area contributed by atoms with E-state index in [0.717, 1.165) is 36.5 Å². The molecule has 2 heterocycles. The standard InChI is InChI=1S/C25H27BrFN9O2S/c1-38-24-19(28)14-36(35-24)12-3-2-11-31-39-16-9-7-15(8-10-16)32-25-30-13-17(26)23(34-25)33-20-6-4-5-18(27)21(20)22(29)37/h4-10,13-14,31H,2-3,11-12,28H2,1H3,(H2,29,37)(H2,30,32,33,34). The van der Waals surface area contributed by atoms with Gasteiger partial charge in [0, 0.05) is 29.9 Å². The molecule has 11 nitrogen and oxygen atoms in total. The Kier molecular flexibility index (Phi) is 9.57. The minimum Gasteiger partial charge on any atom is -0.478 e. The number of methoxy groups -OCH3 is 1. The van der Waals surface area contributed by atoms with Crippen molar-refractivity contribution in [1.82, 2.24) is 24.5 Å². The number of hydrogen-bond acceptors (Lipinski definition) is 10. The molecule has 0 unspecified atom stereocenters. The molecule has 4 rings (SSSR count). The van der Waals surface area contributed by atoms with E-state index in [9.17, 15) is 9.18 Å². The van der Waals surface area contributed by atoms with Gasteiger partial charge in [-0.2, -0.15) is 4.98 Å². The molecular weight excluding hydrogens is 589 g/mol. The Bertz CT molecular complexity index is 1440. The molecule has 14 heteroatoms. The van der Waals surface area contributed by atoms with Gasteiger partial charge in [-0.15, -0.1) is 5.10 Å². The highest BCUT2D eigenvalue weighted by Gasteiger charge is 2.16. The van der Waals surface area contributed by atoms with Crippen molar-refractivity contribution in [3.05, 3.63) is 70.7 Å². The molecule has 0 spiro atoms. The smallest absolute Gasteiger partial charge is 0.255 e. The Morgan fingerprint density at radius 2 is 1.97 bits per heavy atom. The van der Waals surface area contributed by atoms with E-state index in [-0.39, 0.29) is 11.3 Å². The number of amides is 1. The van der Waals surface area contributed by atoms with E-state index in [1.165, 1.54) is 12.1 Å². The summed E-state index contributed by atoms with van der Waals surface area (Å²) in [4.78, 5) is 21.5. The Labute approximate surface area is 237 Å². The lowest BCUT2D eigenvalue weighted by molar-refractivity contribution is 0.0997. The van der Waals surface area contributed by atoms with Crippen molar-refractivity contribution in [2.75, 3.05) is 30.0 Å². The Morgan fingerprint density at radius 1 is 1.18 bits per heavy atom. The predicted octanol–water partition coefficient (Wildman–Crippen LogP) is 4.83. The summed E-state index contributed by atoms with van der Waals surface area (Å²) in [6.07, 6.45) is 5.25. The third-order valence-electron chi connectivity index (χ3n) is 5.42. The lowest BCUT2D eigenvalue weighted by Crippen LogP contribution is -2.16. The number of hydrogen-bond donors (Lipinski definition) is 5. The van der Waals surface area contributed by atoms with Gasteiger partial charge in [-0.3, -0.25) is 14.2 Å². The van der Waals surface area contributed by atoms with Crippen LogP contribution in [0, 0.1) is 5.82 Å². The van der Waals surface area contributed by atoms with Crippen LogP contribution in [0.3, 0.4) is 0 Å². The van der Waals surface area contributed by atoms with Crippen molar-refractivity contribution in [3.8, 4) is 5.88 Å². The topological polar surface area (TPSA) is 158 Å². The highest BCUT2D eigenvalue weighted by atomic mass is 79.9. The molecule has 39 heavy (non-hydrogen) atoms. The molecule has 2 aromatic heterocycles. The van der Waals surface area contributed by atoms with E-state index in [4.69, 9.17) is 16.2 Å². The minimum atomic E-state index is -0.882. The molecule has 0 aliphatic carbocycles. The molecule has 0 saturated carbocycles. The van der Waals surface area contributed by atoms with Gasteiger partial charge in [-0.25, -0.2) is 9.37 Å². The van der Waals surface area contributed by atoms with Gasteiger partial charge in [-0.1, -0.05) is 6.07 Å². The zero-order valence-electron chi connectivity index (χ0n) is 20.9. The molecule has 2 aromatic carbocycles. The number of carbonyl (C=O) groups excluding carboxylic acids is 1. The van der Waals surface area contributed by atoms with Crippen LogP contribution in [0.5, 0.6) is 5.88 Å². The maximum Gasteiger partial charge on any atom is 0.255 e. The number of primary amides is 1. The second-order valence-corrected chi connectivity index (χ2v) is 10.1. The fraction of sp³-hybridized carbons (Fsp3) is 0.200. The van der Waals surface area contributed by atoms with Gasteiger partial charge in [0.05, 0.1) is 29.0 Å². The number of aromatic nitrogens is 4. The monoisotopic (exact) mass is 615 g/mol. The van der Waals surface area contributed by atoms with Gasteiger partial charge in [0.1, 0.15) is 17.3 Å². The van der Waals surface area contributed by atoms with E-state index >= 15 is 0 Å². The zero-order chi connectivity index (χ0) is 27.8. The van der Waals surface area contributed by atoms with Crippen LogP contribution in [0.2, 0.25) is 0 Å². The van der Waals surface area contributed by atoms with Crippen molar-refractivity contribution in [3.63, 3.8) is 0 Å². The SMILES string of the molecule is COc1nn(CCCCNSc2ccc(Nc3ncc(Br)c(Nc4cccc(F)c4C(N)=O)n3)cc2)cc1N. The van der Waals surface area contributed by atoms with Crippen LogP contribution in [0.4, 0.5) is 33.2 Å². The Morgan fingerprint density at radius 3 is 2.69 bits per heavy atom. The number of carbonyl (C=O) groups is 1. The number of halogens is 2. The Hall–Kier alpha value is -3.88. The summed E-state index contributed by atoms with van der Waals surface area (Å²) in [7, 11) is 1.55. The summed E-state index contributed by atoms with van der Waals surface area (Å²) >= 11 is 4.92. The quantitative estimate of drug-likeness (QED) is 0.104. The summed E-state index contributed by atoms with van der Waals surface area (Å²) in [5.41, 5.74) is 12.4. The fourth-order valence-corrected chi connectivity index (χ4v) is 4.53. The number of rotatable bonds is 13. The second-order valence-electron chi connectivity index (χ2n) is 8.25. The number of nitrogens with zero attached hydrogens (tertiary/aromatic N) is 4. The van der Waals surface area contributed by atoms with Crippen LogP contribution in [0.15, 0.2) is 64.2 Å². The lowest BCUT2D eigenvalue weighted by Gasteiger charge is -2.13. The maximum absolute atomic E-state index is 14.1.